The van der Waals surface area contributed by atoms with Gasteiger partial charge in [-0.2, -0.15) is 11.3 Å². The lowest BCUT2D eigenvalue weighted by Gasteiger charge is -2.10. The zero-order valence-corrected chi connectivity index (χ0v) is 13.6. The van der Waals surface area contributed by atoms with Gasteiger partial charge in [0, 0.05) is 19.5 Å². The summed E-state index contributed by atoms with van der Waals surface area (Å²) < 4.78 is 0. The van der Waals surface area contributed by atoms with Crippen molar-refractivity contribution in [3.63, 3.8) is 0 Å². The molecule has 7 heteroatoms. The van der Waals surface area contributed by atoms with Crippen LogP contribution in [0.15, 0.2) is 34.3 Å². The van der Waals surface area contributed by atoms with Gasteiger partial charge in [0.15, 0.2) is 0 Å². The maximum absolute atomic E-state index is 11.7. The lowest BCUT2D eigenvalue weighted by atomic mass is 10.2. The second-order valence-electron chi connectivity index (χ2n) is 4.71. The average Bonchev–Trinajstić information content (AvgIpc) is 3.21. The molecule has 1 atom stereocenters. The molecule has 0 fully saturated rings. The van der Waals surface area contributed by atoms with Crippen molar-refractivity contribution in [3.8, 4) is 0 Å². The van der Waals surface area contributed by atoms with Crippen molar-refractivity contribution >= 4 is 34.5 Å². The second kappa shape index (κ2) is 8.67. The Morgan fingerprint density at radius 1 is 1.23 bits per heavy atom. The number of carbonyl (C=O) groups is 2. The Hall–Kier alpha value is -1.70. The summed E-state index contributed by atoms with van der Waals surface area (Å²) in [6, 6.07) is 5.42. The molecule has 3 N–H and O–H groups in total. The van der Waals surface area contributed by atoms with Gasteiger partial charge in [0.05, 0.1) is 11.0 Å². The number of aliphatic hydroxyl groups excluding tert-OH is 1. The average molecular weight is 338 g/mol. The summed E-state index contributed by atoms with van der Waals surface area (Å²) in [5.74, 6) is -0.233. The summed E-state index contributed by atoms with van der Waals surface area (Å²) in [6.07, 6.45) is 0.215. The third-order valence-corrected chi connectivity index (χ3v) is 4.60. The first-order chi connectivity index (χ1) is 10.7. The summed E-state index contributed by atoms with van der Waals surface area (Å²) in [6.45, 7) is 0.661. The predicted octanol–water partition coefficient (Wildman–Crippen LogP) is 2.17. The molecule has 0 bridgehead atoms. The molecule has 0 radical (unpaired) electrons. The molecule has 2 rings (SSSR count). The molecule has 2 aromatic rings. The topological polar surface area (TPSA) is 78.4 Å². The molecule has 2 heterocycles. The van der Waals surface area contributed by atoms with Crippen molar-refractivity contribution in [3.05, 3.63) is 44.8 Å². The minimum Gasteiger partial charge on any atom is -0.387 e. The van der Waals surface area contributed by atoms with Crippen molar-refractivity contribution in [1.29, 1.82) is 0 Å². The Balaban J connectivity index is 1.57. The first-order valence-electron chi connectivity index (χ1n) is 6.95. The second-order valence-corrected chi connectivity index (χ2v) is 6.44. The third kappa shape index (κ3) is 5.25. The summed E-state index contributed by atoms with van der Waals surface area (Å²) in [7, 11) is 0. The number of nitrogens with one attached hydrogen (secondary N) is 2. The van der Waals surface area contributed by atoms with Crippen LogP contribution in [-0.4, -0.2) is 30.0 Å². The SMILES string of the molecule is O=C(CCCNC(=O)c1cccs1)NCC(O)c1ccsc1. The van der Waals surface area contributed by atoms with Crippen LogP contribution in [0.2, 0.25) is 0 Å². The van der Waals surface area contributed by atoms with E-state index in [1.54, 1.807) is 6.07 Å². The highest BCUT2D eigenvalue weighted by Crippen LogP contribution is 2.15. The molecule has 5 nitrogen and oxygen atoms in total. The molecule has 0 aliphatic rings. The molecular formula is C15H18N2O3S2. The number of carbonyl (C=O) groups excluding carboxylic acids is 2. The van der Waals surface area contributed by atoms with Gasteiger partial charge in [-0.25, -0.2) is 0 Å². The van der Waals surface area contributed by atoms with Crippen LogP contribution in [0.4, 0.5) is 0 Å². The predicted molar refractivity (Wildman–Crippen MR) is 88.2 cm³/mol. The monoisotopic (exact) mass is 338 g/mol. The number of amides is 2. The van der Waals surface area contributed by atoms with Gasteiger partial charge in [0.1, 0.15) is 0 Å². The fraction of sp³-hybridized carbons (Fsp3) is 0.333. The van der Waals surface area contributed by atoms with Crippen LogP contribution >= 0.6 is 22.7 Å². The number of thiophene rings is 2. The Bertz CT molecular complexity index is 582. The number of hydrogen-bond donors (Lipinski definition) is 3. The molecule has 22 heavy (non-hydrogen) atoms. The zero-order valence-electron chi connectivity index (χ0n) is 12.0. The Morgan fingerprint density at radius 3 is 2.77 bits per heavy atom. The summed E-state index contributed by atoms with van der Waals surface area (Å²) >= 11 is 2.90. The summed E-state index contributed by atoms with van der Waals surface area (Å²) in [5.41, 5.74) is 0.813. The smallest absolute Gasteiger partial charge is 0.261 e. The third-order valence-electron chi connectivity index (χ3n) is 3.03. The van der Waals surface area contributed by atoms with Crippen LogP contribution in [0.5, 0.6) is 0 Å². The highest BCUT2D eigenvalue weighted by molar-refractivity contribution is 7.12. The van der Waals surface area contributed by atoms with Crippen molar-refractivity contribution in [1.82, 2.24) is 10.6 Å². The minimum atomic E-state index is -0.672. The number of rotatable bonds is 8. The molecule has 0 spiro atoms. The van der Waals surface area contributed by atoms with Crippen LogP contribution in [0.1, 0.15) is 34.2 Å². The van der Waals surface area contributed by atoms with Gasteiger partial charge in [-0.15, -0.1) is 11.3 Å². The molecule has 2 amide bonds. The molecule has 0 saturated heterocycles. The first kappa shape index (κ1) is 16.7. The fourth-order valence-corrected chi connectivity index (χ4v) is 3.17. The number of hydrogen-bond acceptors (Lipinski definition) is 5. The van der Waals surface area contributed by atoms with Crippen LogP contribution < -0.4 is 10.6 Å². The Labute approximate surface area is 137 Å². The maximum Gasteiger partial charge on any atom is 0.261 e. The lowest BCUT2D eigenvalue weighted by Crippen LogP contribution is -2.29. The van der Waals surface area contributed by atoms with E-state index in [0.717, 1.165) is 5.56 Å². The normalized spacial score (nSPS) is 11.9. The summed E-state index contributed by atoms with van der Waals surface area (Å²) in [5, 5.41) is 20.9. The molecular weight excluding hydrogens is 320 g/mol. The molecule has 118 valence electrons. The Morgan fingerprint density at radius 2 is 2.09 bits per heavy atom. The van der Waals surface area contributed by atoms with Gasteiger partial charge in [0.25, 0.3) is 5.91 Å². The lowest BCUT2D eigenvalue weighted by molar-refractivity contribution is -0.121. The highest BCUT2D eigenvalue weighted by Gasteiger charge is 2.10. The van der Waals surface area contributed by atoms with E-state index >= 15 is 0 Å². The van der Waals surface area contributed by atoms with Gasteiger partial charge in [-0.3, -0.25) is 9.59 Å². The molecule has 0 aromatic carbocycles. The van der Waals surface area contributed by atoms with Gasteiger partial charge in [0.2, 0.25) is 5.91 Å². The van der Waals surface area contributed by atoms with Gasteiger partial charge >= 0.3 is 0 Å². The van der Waals surface area contributed by atoms with Crippen molar-refractivity contribution < 1.29 is 14.7 Å². The van der Waals surface area contributed by atoms with E-state index < -0.39 is 6.10 Å². The molecule has 0 saturated carbocycles. The van der Waals surface area contributed by atoms with E-state index in [9.17, 15) is 14.7 Å². The van der Waals surface area contributed by atoms with Gasteiger partial charge in [-0.05, 0) is 40.3 Å². The van der Waals surface area contributed by atoms with Crippen LogP contribution in [0.25, 0.3) is 0 Å². The highest BCUT2D eigenvalue weighted by atomic mass is 32.1. The number of aliphatic hydroxyl groups is 1. The van der Waals surface area contributed by atoms with Crippen LogP contribution in [0.3, 0.4) is 0 Å². The fourth-order valence-electron chi connectivity index (χ4n) is 1.83. The van der Waals surface area contributed by atoms with E-state index in [0.29, 0.717) is 24.3 Å². The zero-order chi connectivity index (χ0) is 15.8. The van der Waals surface area contributed by atoms with Crippen molar-refractivity contribution in [2.24, 2.45) is 0 Å². The van der Waals surface area contributed by atoms with Crippen LogP contribution in [-0.2, 0) is 4.79 Å². The van der Waals surface area contributed by atoms with E-state index in [1.165, 1.54) is 22.7 Å². The van der Waals surface area contributed by atoms with Gasteiger partial charge in [-0.1, -0.05) is 6.07 Å². The molecule has 0 aliphatic heterocycles. The molecule has 0 aliphatic carbocycles. The van der Waals surface area contributed by atoms with Gasteiger partial charge < -0.3 is 15.7 Å². The first-order valence-corrected chi connectivity index (χ1v) is 8.77. The van der Waals surface area contributed by atoms with E-state index in [2.05, 4.69) is 10.6 Å². The quantitative estimate of drug-likeness (QED) is 0.646. The minimum absolute atomic E-state index is 0.108. The molecule has 1 unspecified atom stereocenters. The van der Waals surface area contributed by atoms with E-state index in [1.807, 2.05) is 28.3 Å². The largest absolute Gasteiger partial charge is 0.387 e. The summed E-state index contributed by atoms with van der Waals surface area (Å²) in [4.78, 5) is 24.0. The molecule has 2 aromatic heterocycles. The van der Waals surface area contributed by atoms with Crippen molar-refractivity contribution in [2.45, 2.75) is 18.9 Å². The maximum atomic E-state index is 11.7. The van der Waals surface area contributed by atoms with Crippen LogP contribution in [0, 0.1) is 0 Å². The standard InChI is InChI=1S/C15H18N2O3S2/c18-12(11-5-8-21-10-11)9-17-14(19)4-1-6-16-15(20)13-3-2-7-22-13/h2-3,5,7-8,10,12,18H,1,4,6,9H2,(H,16,20)(H,17,19). The van der Waals surface area contributed by atoms with E-state index in [-0.39, 0.29) is 18.4 Å². The Kier molecular flexibility index (Phi) is 6.57. The van der Waals surface area contributed by atoms with E-state index in [4.69, 9.17) is 0 Å². The van der Waals surface area contributed by atoms with Crippen molar-refractivity contribution in [2.75, 3.05) is 13.1 Å².